The molecule has 3 aromatic carbocycles. The van der Waals surface area contributed by atoms with Crippen LogP contribution in [-0.2, 0) is 21.1 Å². The number of carbonyl (C=O) groups is 1. The van der Waals surface area contributed by atoms with Crippen LogP contribution in [0.25, 0.3) is 0 Å². The molecule has 0 spiro atoms. The van der Waals surface area contributed by atoms with E-state index in [4.69, 9.17) is 9.47 Å². The number of ether oxygens (including phenoxy) is 2. The highest BCUT2D eigenvalue weighted by atomic mass is 32.2. The molecule has 1 amide bonds. The fourth-order valence-electron chi connectivity index (χ4n) is 4.65. The predicted octanol–water partition coefficient (Wildman–Crippen LogP) is 5.73. The third-order valence-corrected chi connectivity index (χ3v) is 8.25. The van der Waals surface area contributed by atoms with Crippen molar-refractivity contribution in [2.24, 2.45) is 5.41 Å². The number of sulfone groups is 1. The van der Waals surface area contributed by atoms with E-state index in [0.717, 1.165) is 52.2 Å². The van der Waals surface area contributed by atoms with Crippen molar-refractivity contribution in [3.05, 3.63) is 88.5 Å². The zero-order valence-electron chi connectivity index (χ0n) is 22.8. The Morgan fingerprint density at radius 2 is 1.74 bits per heavy atom. The van der Waals surface area contributed by atoms with Gasteiger partial charge in [0.05, 0.1) is 24.2 Å². The van der Waals surface area contributed by atoms with E-state index in [0.29, 0.717) is 19.6 Å². The molecule has 1 N–H and O–H groups in total. The molecule has 1 aliphatic rings. The Hall–Kier alpha value is -3.32. The van der Waals surface area contributed by atoms with Crippen molar-refractivity contribution in [1.29, 1.82) is 0 Å². The molecule has 4 rings (SSSR count). The monoisotopic (exact) mass is 535 g/mol. The first-order chi connectivity index (χ1) is 17.9. The van der Waals surface area contributed by atoms with Crippen molar-refractivity contribution in [1.82, 2.24) is 5.32 Å². The molecule has 6 nitrogen and oxygen atoms in total. The molecule has 3 aromatic rings. The van der Waals surface area contributed by atoms with E-state index in [2.05, 4.69) is 23.5 Å². The summed E-state index contributed by atoms with van der Waals surface area (Å²) in [7, 11) is -3.32. The summed E-state index contributed by atoms with van der Waals surface area (Å²) < 4.78 is 35.6. The molecule has 0 aromatic heterocycles. The van der Waals surface area contributed by atoms with Crippen LogP contribution in [0.5, 0.6) is 11.5 Å². The second kappa shape index (κ2) is 11.2. The van der Waals surface area contributed by atoms with Gasteiger partial charge in [-0.2, -0.15) is 0 Å². The summed E-state index contributed by atoms with van der Waals surface area (Å²) in [5.74, 6) is 1.68. The van der Waals surface area contributed by atoms with Crippen LogP contribution in [0.15, 0.2) is 65.6 Å². The molecule has 7 heteroatoms. The lowest BCUT2D eigenvalue weighted by atomic mass is 9.85. The molecule has 0 aliphatic carbocycles. The summed E-state index contributed by atoms with van der Waals surface area (Å²) in [6.07, 6.45) is 3.40. The third-order valence-electron chi connectivity index (χ3n) is 7.13. The number of hydrogen-bond acceptors (Lipinski definition) is 5. The molecular weight excluding hydrogens is 498 g/mol. The third kappa shape index (κ3) is 6.57. The van der Waals surface area contributed by atoms with Crippen LogP contribution in [0.2, 0.25) is 0 Å². The van der Waals surface area contributed by atoms with Gasteiger partial charge in [-0.15, -0.1) is 0 Å². The van der Waals surface area contributed by atoms with Crippen LogP contribution >= 0.6 is 0 Å². The van der Waals surface area contributed by atoms with Crippen LogP contribution in [0.3, 0.4) is 0 Å². The average molecular weight is 536 g/mol. The zero-order valence-corrected chi connectivity index (χ0v) is 23.7. The van der Waals surface area contributed by atoms with Gasteiger partial charge in [-0.25, -0.2) is 8.42 Å². The molecule has 1 aliphatic heterocycles. The minimum Gasteiger partial charge on any atom is -0.493 e. The zero-order chi connectivity index (χ0) is 27.5. The number of fused-ring (bicyclic) bond motifs is 1. The highest BCUT2D eigenvalue weighted by molar-refractivity contribution is 7.90. The Balaban J connectivity index is 1.49. The van der Waals surface area contributed by atoms with Gasteiger partial charge < -0.3 is 14.8 Å². The minimum absolute atomic E-state index is 0.0711. The summed E-state index contributed by atoms with van der Waals surface area (Å²) in [6.45, 7) is 9.14. The largest absolute Gasteiger partial charge is 0.493 e. The Kier molecular flexibility index (Phi) is 8.16. The Bertz CT molecular complexity index is 1410. The van der Waals surface area contributed by atoms with Gasteiger partial charge in [0.2, 0.25) is 5.91 Å². The van der Waals surface area contributed by atoms with Crippen molar-refractivity contribution in [3.8, 4) is 11.5 Å². The maximum Gasteiger partial charge on any atom is 0.226 e. The lowest BCUT2D eigenvalue weighted by molar-refractivity contribution is -0.130. The van der Waals surface area contributed by atoms with Crippen molar-refractivity contribution in [2.75, 3.05) is 19.5 Å². The summed E-state index contributed by atoms with van der Waals surface area (Å²) in [5, 5.41) is 3.24. The molecule has 0 saturated heterocycles. The average Bonchev–Trinajstić information content (AvgIpc) is 3.34. The number of carbonyl (C=O) groups excluding carboxylic acids is 1. The second-order valence-electron chi connectivity index (χ2n) is 10.8. The normalized spacial score (nSPS) is 13.9. The topological polar surface area (TPSA) is 81.7 Å². The smallest absolute Gasteiger partial charge is 0.226 e. The first-order valence-electron chi connectivity index (χ1n) is 13.0. The summed E-state index contributed by atoms with van der Waals surface area (Å²) >= 11 is 0. The van der Waals surface area contributed by atoms with Gasteiger partial charge in [0.25, 0.3) is 0 Å². The number of hydrogen-bond donors (Lipinski definition) is 1. The van der Waals surface area contributed by atoms with Gasteiger partial charge in [-0.3, -0.25) is 4.79 Å². The lowest BCUT2D eigenvalue weighted by Crippen LogP contribution is -2.39. The summed E-state index contributed by atoms with van der Waals surface area (Å²) in [6, 6.07) is 18.4. The van der Waals surface area contributed by atoms with Crippen LogP contribution in [0.1, 0.15) is 60.5 Å². The SMILES string of the molecule is Cc1ccc(C)c(OCCCC(C)(C)C(=O)NC(c2ccc(S(C)(=O)=O)cc2)c2ccc3c(c2)CCO3)c1. The first kappa shape index (κ1) is 27.7. The maximum absolute atomic E-state index is 13.6. The molecule has 1 unspecified atom stereocenters. The summed E-state index contributed by atoms with van der Waals surface area (Å²) in [4.78, 5) is 13.8. The van der Waals surface area contributed by atoms with Crippen LogP contribution < -0.4 is 14.8 Å². The van der Waals surface area contributed by atoms with Gasteiger partial charge in [0.15, 0.2) is 9.84 Å². The number of benzene rings is 3. The molecule has 202 valence electrons. The molecule has 1 heterocycles. The van der Waals surface area contributed by atoms with Gasteiger partial charge in [-0.05, 0) is 84.8 Å². The number of amides is 1. The Morgan fingerprint density at radius 1 is 1.03 bits per heavy atom. The highest BCUT2D eigenvalue weighted by Crippen LogP contribution is 2.33. The van der Waals surface area contributed by atoms with Crippen molar-refractivity contribution < 1.29 is 22.7 Å². The van der Waals surface area contributed by atoms with E-state index in [1.807, 2.05) is 45.9 Å². The molecule has 1 atom stereocenters. The van der Waals surface area contributed by atoms with E-state index in [9.17, 15) is 13.2 Å². The molecule has 0 fully saturated rings. The molecule has 38 heavy (non-hydrogen) atoms. The Morgan fingerprint density at radius 3 is 2.45 bits per heavy atom. The van der Waals surface area contributed by atoms with E-state index in [1.165, 1.54) is 6.26 Å². The predicted molar refractivity (Wildman–Crippen MR) is 150 cm³/mol. The van der Waals surface area contributed by atoms with Gasteiger partial charge >= 0.3 is 0 Å². The molecule has 0 bridgehead atoms. The number of nitrogens with one attached hydrogen (secondary N) is 1. The van der Waals surface area contributed by atoms with Crippen LogP contribution in [0, 0.1) is 19.3 Å². The van der Waals surface area contributed by atoms with Gasteiger partial charge in [0, 0.05) is 18.1 Å². The quantitative estimate of drug-likeness (QED) is 0.335. The van der Waals surface area contributed by atoms with E-state index in [-0.39, 0.29) is 10.8 Å². The fourth-order valence-corrected chi connectivity index (χ4v) is 5.28. The standard InChI is InChI=1S/C31H37NO5S/c1-21-7-8-22(2)28(19-21)36-17-6-16-31(3,4)30(33)32-29(23-9-12-26(13-10-23)38(5,34)35)25-11-14-27-24(20-25)15-18-37-27/h7-14,19-20,29H,6,15-18H2,1-5H3,(H,32,33). The minimum atomic E-state index is -3.32. The Labute approximate surface area is 226 Å². The van der Waals surface area contributed by atoms with Crippen molar-refractivity contribution >= 4 is 15.7 Å². The van der Waals surface area contributed by atoms with Crippen LogP contribution in [0.4, 0.5) is 0 Å². The number of aryl methyl sites for hydroxylation is 2. The van der Waals surface area contributed by atoms with Crippen molar-refractivity contribution in [2.45, 2.75) is 57.9 Å². The van der Waals surface area contributed by atoms with Crippen molar-refractivity contribution in [3.63, 3.8) is 0 Å². The van der Waals surface area contributed by atoms with E-state index >= 15 is 0 Å². The lowest BCUT2D eigenvalue weighted by Gasteiger charge is -2.28. The van der Waals surface area contributed by atoms with Gasteiger partial charge in [-0.1, -0.05) is 44.2 Å². The van der Waals surface area contributed by atoms with Gasteiger partial charge in [0.1, 0.15) is 11.5 Å². The van der Waals surface area contributed by atoms with Crippen LogP contribution in [-0.4, -0.2) is 33.8 Å². The molecule has 0 saturated carbocycles. The maximum atomic E-state index is 13.6. The first-order valence-corrected chi connectivity index (χ1v) is 14.9. The molecule has 0 radical (unpaired) electrons. The van der Waals surface area contributed by atoms with E-state index in [1.54, 1.807) is 24.3 Å². The summed E-state index contributed by atoms with van der Waals surface area (Å²) in [5.41, 5.74) is 4.48. The van der Waals surface area contributed by atoms with E-state index < -0.39 is 21.3 Å². The fraction of sp³-hybridized carbons (Fsp3) is 0.387. The second-order valence-corrected chi connectivity index (χ2v) is 12.8. The number of rotatable bonds is 10. The highest BCUT2D eigenvalue weighted by Gasteiger charge is 2.30. The molecular formula is C31H37NO5S.